The molecule has 7 nitrogen and oxygen atoms in total. The van der Waals surface area contributed by atoms with E-state index in [1.165, 1.54) is 11.3 Å². The van der Waals surface area contributed by atoms with Crippen molar-refractivity contribution in [2.75, 3.05) is 39.3 Å². The van der Waals surface area contributed by atoms with Crippen molar-refractivity contribution in [3.63, 3.8) is 0 Å². The maximum absolute atomic E-state index is 12.8. The van der Waals surface area contributed by atoms with Crippen LogP contribution in [-0.2, 0) is 0 Å². The number of thiophene rings is 1. The SMILES string of the molecule is Cc1ccc(C(=O)N2CCN(C(=O)c3ccn(C4CCCNC4)n3)CC2)s1.Cl. The van der Waals surface area contributed by atoms with Gasteiger partial charge in [-0.2, -0.15) is 5.10 Å². The van der Waals surface area contributed by atoms with Crippen LogP contribution in [0.3, 0.4) is 0 Å². The molecule has 2 aromatic heterocycles. The number of hydrogen-bond acceptors (Lipinski definition) is 5. The smallest absolute Gasteiger partial charge is 0.274 e. The van der Waals surface area contributed by atoms with Crippen LogP contribution in [0.15, 0.2) is 24.4 Å². The predicted molar refractivity (Wildman–Crippen MR) is 111 cm³/mol. The van der Waals surface area contributed by atoms with E-state index in [2.05, 4.69) is 10.4 Å². The molecule has 1 N–H and O–H groups in total. The summed E-state index contributed by atoms with van der Waals surface area (Å²) in [6.45, 7) is 6.18. The van der Waals surface area contributed by atoms with Crippen molar-refractivity contribution >= 4 is 35.6 Å². The van der Waals surface area contributed by atoms with Crippen LogP contribution in [0.25, 0.3) is 0 Å². The van der Waals surface area contributed by atoms with E-state index in [9.17, 15) is 9.59 Å². The molecule has 2 amide bonds. The third kappa shape index (κ3) is 4.39. The fourth-order valence-corrected chi connectivity index (χ4v) is 4.53. The molecule has 0 aromatic carbocycles. The van der Waals surface area contributed by atoms with Gasteiger partial charge >= 0.3 is 0 Å². The van der Waals surface area contributed by atoms with Crippen molar-refractivity contribution in [3.8, 4) is 0 Å². The Balaban J connectivity index is 0.00000225. The number of piperazine rings is 1. The lowest BCUT2D eigenvalue weighted by molar-refractivity contribution is 0.0534. The molecule has 2 aliphatic heterocycles. The van der Waals surface area contributed by atoms with Crippen molar-refractivity contribution in [3.05, 3.63) is 39.8 Å². The average Bonchev–Trinajstić information content (AvgIpc) is 3.37. The highest BCUT2D eigenvalue weighted by molar-refractivity contribution is 7.13. The van der Waals surface area contributed by atoms with Crippen molar-refractivity contribution < 1.29 is 9.59 Å². The molecule has 2 saturated heterocycles. The van der Waals surface area contributed by atoms with Gasteiger partial charge in [0.1, 0.15) is 5.69 Å². The fourth-order valence-electron chi connectivity index (χ4n) is 3.69. The molecule has 1 atom stereocenters. The second kappa shape index (κ2) is 9.07. The van der Waals surface area contributed by atoms with Crippen molar-refractivity contribution in [2.24, 2.45) is 0 Å². The number of aryl methyl sites for hydroxylation is 1. The second-order valence-electron chi connectivity index (χ2n) is 7.18. The second-order valence-corrected chi connectivity index (χ2v) is 8.46. The zero-order chi connectivity index (χ0) is 18.8. The summed E-state index contributed by atoms with van der Waals surface area (Å²) < 4.78 is 1.91. The Labute approximate surface area is 175 Å². The summed E-state index contributed by atoms with van der Waals surface area (Å²) in [5.41, 5.74) is 0.495. The maximum Gasteiger partial charge on any atom is 0.274 e. The van der Waals surface area contributed by atoms with Gasteiger partial charge < -0.3 is 15.1 Å². The third-order valence-electron chi connectivity index (χ3n) is 5.28. The minimum absolute atomic E-state index is 0. The Bertz CT molecular complexity index is 822. The highest BCUT2D eigenvalue weighted by atomic mass is 35.5. The lowest BCUT2D eigenvalue weighted by Gasteiger charge is -2.34. The van der Waals surface area contributed by atoms with Crippen LogP contribution < -0.4 is 5.32 Å². The number of halogens is 1. The van der Waals surface area contributed by atoms with E-state index in [0.717, 1.165) is 35.7 Å². The predicted octanol–water partition coefficient (Wildman–Crippen LogP) is 2.20. The summed E-state index contributed by atoms with van der Waals surface area (Å²) in [5.74, 6) is 0.0193. The first-order chi connectivity index (χ1) is 13.1. The highest BCUT2D eigenvalue weighted by Gasteiger charge is 2.27. The molecule has 2 aliphatic rings. The molecule has 0 spiro atoms. The number of nitrogens with one attached hydrogen (secondary N) is 1. The Morgan fingerprint density at radius 3 is 2.43 bits per heavy atom. The number of piperidine rings is 1. The lowest BCUT2D eigenvalue weighted by atomic mass is 10.1. The van der Waals surface area contributed by atoms with Gasteiger partial charge in [-0.05, 0) is 44.5 Å². The topological polar surface area (TPSA) is 70.5 Å². The van der Waals surface area contributed by atoms with Crippen LogP contribution >= 0.6 is 23.7 Å². The molecule has 0 radical (unpaired) electrons. The first-order valence-electron chi connectivity index (χ1n) is 9.52. The number of rotatable bonds is 3. The monoisotopic (exact) mass is 423 g/mol. The minimum Gasteiger partial charge on any atom is -0.334 e. The van der Waals surface area contributed by atoms with Crippen LogP contribution in [0.1, 0.15) is 43.9 Å². The molecule has 1 unspecified atom stereocenters. The maximum atomic E-state index is 12.8. The number of nitrogens with zero attached hydrogens (tertiary/aromatic N) is 4. The van der Waals surface area contributed by atoms with E-state index in [1.807, 2.05) is 40.9 Å². The molecule has 152 valence electrons. The first kappa shape index (κ1) is 20.8. The molecule has 9 heteroatoms. The Morgan fingerprint density at radius 2 is 1.82 bits per heavy atom. The number of carbonyl (C=O) groups is 2. The normalized spacial score (nSPS) is 20.0. The number of amides is 2. The Kier molecular flexibility index (Phi) is 6.74. The van der Waals surface area contributed by atoms with Gasteiger partial charge in [-0.25, -0.2) is 0 Å². The van der Waals surface area contributed by atoms with Crippen LogP contribution in [0.5, 0.6) is 0 Å². The first-order valence-corrected chi connectivity index (χ1v) is 10.3. The van der Waals surface area contributed by atoms with E-state index in [-0.39, 0.29) is 24.2 Å². The molecular weight excluding hydrogens is 398 g/mol. The van der Waals surface area contributed by atoms with Gasteiger partial charge in [0.25, 0.3) is 11.8 Å². The van der Waals surface area contributed by atoms with Crippen molar-refractivity contribution in [1.29, 1.82) is 0 Å². The van der Waals surface area contributed by atoms with Gasteiger partial charge in [0.15, 0.2) is 0 Å². The zero-order valence-electron chi connectivity index (χ0n) is 16.0. The van der Waals surface area contributed by atoms with Gasteiger partial charge in [0.2, 0.25) is 0 Å². The number of carbonyl (C=O) groups excluding carboxylic acids is 2. The van der Waals surface area contributed by atoms with Crippen molar-refractivity contribution in [2.45, 2.75) is 25.8 Å². The van der Waals surface area contributed by atoms with E-state index in [1.54, 1.807) is 4.90 Å². The van der Waals surface area contributed by atoms with E-state index in [4.69, 9.17) is 0 Å². The number of hydrogen-bond donors (Lipinski definition) is 1. The summed E-state index contributed by atoms with van der Waals surface area (Å²) in [4.78, 5) is 30.9. The lowest BCUT2D eigenvalue weighted by Crippen LogP contribution is -2.50. The Morgan fingerprint density at radius 1 is 1.11 bits per heavy atom. The fraction of sp³-hybridized carbons (Fsp3) is 0.526. The van der Waals surface area contributed by atoms with Crippen molar-refractivity contribution in [1.82, 2.24) is 24.9 Å². The van der Waals surface area contributed by atoms with Crippen LogP contribution in [0, 0.1) is 6.92 Å². The molecule has 4 heterocycles. The summed E-state index contributed by atoms with van der Waals surface area (Å²) in [6.07, 6.45) is 4.13. The summed E-state index contributed by atoms with van der Waals surface area (Å²) in [5, 5.41) is 7.89. The molecule has 0 aliphatic carbocycles. The van der Waals surface area contributed by atoms with Gasteiger partial charge in [0.05, 0.1) is 10.9 Å². The molecule has 0 bridgehead atoms. The minimum atomic E-state index is -0.0448. The van der Waals surface area contributed by atoms with Gasteiger partial charge in [-0.15, -0.1) is 23.7 Å². The summed E-state index contributed by atoms with van der Waals surface area (Å²) >= 11 is 1.52. The number of aromatic nitrogens is 2. The molecule has 0 saturated carbocycles. The standard InChI is InChI=1S/C19H25N5O2S.ClH/c1-14-4-5-17(27-14)19(26)23-11-9-22(10-12-23)18(25)16-6-8-24(21-16)15-3-2-7-20-13-15;/h4-6,8,15,20H,2-3,7,9-13H2,1H3;1H. The van der Waals surface area contributed by atoms with Gasteiger partial charge in [0, 0.05) is 43.8 Å². The summed E-state index contributed by atoms with van der Waals surface area (Å²) in [6, 6.07) is 5.98. The highest BCUT2D eigenvalue weighted by Crippen LogP contribution is 2.19. The van der Waals surface area contributed by atoms with E-state index < -0.39 is 0 Å². The van der Waals surface area contributed by atoms with Crippen LogP contribution in [0.4, 0.5) is 0 Å². The molecule has 4 rings (SSSR count). The molecule has 2 aromatic rings. The third-order valence-corrected chi connectivity index (χ3v) is 6.27. The summed E-state index contributed by atoms with van der Waals surface area (Å²) in [7, 11) is 0. The van der Waals surface area contributed by atoms with E-state index >= 15 is 0 Å². The van der Waals surface area contributed by atoms with Crippen LogP contribution in [0.2, 0.25) is 0 Å². The molecule has 28 heavy (non-hydrogen) atoms. The average molecular weight is 424 g/mol. The largest absolute Gasteiger partial charge is 0.334 e. The molecular formula is C19H26ClN5O2S. The Hall–Kier alpha value is -1.90. The quantitative estimate of drug-likeness (QED) is 0.821. The van der Waals surface area contributed by atoms with E-state index in [0.29, 0.717) is 37.9 Å². The van der Waals surface area contributed by atoms with Gasteiger partial charge in [-0.1, -0.05) is 0 Å². The van der Waals surface area contributed by atoms with Crippen LogP contribution in [-0.4, -0.2) is 70.7 Å². The van der Waals surface area contributed by atoms with Gasteiger partial charge in [-0.3, -0.25) is 14.3 Å². The molecule has 2 fully saturated rings. The zero-order valence-corrected chi connectivity index (χ0v) is 17.6.